The van der Waals surface area contributed by atoms with Crippen molar-refractivity contribution in [2.24, 2.45) is 0 Å². The lowest BCUT2D eigenvalue weighted by Crippen LogP contribution is -2.51. The predicted octanol–water partition coefficient (Wildman–Crippen LogP) is 0.640. The van der Waals surface area contributed by atoms with Crippen LogP contribution in [0.4, 0.5) is 8.78 Å². The van der Waals surface area contributed by atoms with Crippen molar-refractivity contribution in [3.8, 4) is 0 Å². The van der Waals surface area contributed by atoms with E-state index in [-0.39, 0.29) is 6.54 Å². The zero-order valence-electron chi connectivity index (χ0n) is 9.42. The molecule has 0 bridgehead atoms. The summed E-state index contributed by atoms with van der Waals surface area (Å²) in [5.74, 6) is 0. The van der Waals surface area contributed by atoms with Gasteiger partial charge in [0, 0.05) is 32.7 Å². The van der Waals surface area contributed by atoms with Crippen LogP contribution in [-0.4, -0.2) is 66.2 Å². The topological polar surface area (TPSA) is 26.7 Å². The summed E-state index contributed by atoms with van der Waals surface area (Å²) in [6.07, 6.45) is -2.24. The molecule has 0 atom stereocenters. The second-order valence-electron chi connectivity index (χ2n) is 4.78. The fourth-order valence-electron chi connectivity index (χ4n) is 1.87. The maximum Gasteiger partial charge on any atom is 0.251 e. The molecule has 0 aromatic rings. The van der Waals surface area contributed by atoms with E-state index < -0.39 is 12.0 Å². The monoisotopic (exact) mass is 222 g/mol. The molecular formula is C10H20F2N2O. The van der Waals surface area contributed by atoms with Gasteiger partial charge in [0.25, 0.3) is 6.43 Å². The minimum absolute atomic E-state index is 0.129. The molecule has 0 spiro atoms. The molecule has 1 saturated heterocycles. The Morgan fingerprint density at radius 2 is 1.60 bits per heavy atom. The number of piperazine rings is 1. The number of β-amino-alcohol motifs (C(OH)–C–C–N with tert-alkyl or cyclic N) is 1. The minimum atomic E-state index is -2.24. The van der Waals surface area contributed by atoms with E-state index in [2.05, 4.69) is 4.90 Å². The first-order valence-electron chi connectivity index (χ1n) is 5.32. The first-order chi connectivity index (χ1) is 6.87. The molecule has 1 heterocycles. The Balaban J connectivity index is 2.24. The van der Waals surface area contributed by atoms with Crippen molar-refractivity contribution in [1.29, 1.82) is 0 Å². The standard InChI is InChI=1S/C10H20F2N2O/c1-10(2,15)8-14-5-3-13(4-6-14)7-9(11)12/h9,15H,3-8H2,1-2H3. The quantitative estimate of drug-likeness (QED) is 0.756. The highest BCUT2D eigenvalue weighted by Gasteiger charge is 2.23. The number of rotatable bonds is 4. The van der Waals surface area contributed by atoms with Crippen LogP contribution in [0.2, 0.25) is 0 Å². The number of halogens is 2. The first-order valence-corrected chi connectivity index (χ1v) is 5.32. The van der Waals surface area contributed by atoms with Crippen LogP contribution in [0, 0.1) is 0 Å². The molecular weight excluding hydrogens is 202 g/mol. The summed E-state index contributed by atoms with van der Waals surface area (Å²) >= 11 is 0. The summed E-state index contributed by atoms with van der Waals surface area (Å²) in [5.41, 5.74) is -0.703. The Morgan fingerprint density at radius 1 is 1.13 bits per heavy atom. The molecule has 1 aliphatic heterocycles. The predicted molar refractivity (Wildman–Crippen MR) is 55.2 cm³/mol. The largest absolute Gasteiger partial charge is 0.389 e. The van der Waals surface area contributed by atoms with Gasteiger partial charge in [0.2, 0.25) is 0 Å². The molecule has 0 amide bonds. The first kappa shape index (κ1) is 12.8. The maximum absolute atomic E-state index is 12.1. The van der Waals surface area contributed by atoms with Gasteiger partial charge in [0.05, 0.1) is 12.1 Å². The van der Waals surface area contributed by atoms with Crippen molar-refractivity contribution in [2.45, 2.75) is 25.9 Å². The van der Waals surface area contributed by atoms with Crippen molar-refractivity contribution in [1.82, 2.24) is 9.80 Å². The number of nitrogens with zero attached hydrogens (tertiary/aromatic N) is 2. The third-order valence-electron chi connectivity index (χ3n) is 2.47. The van der Waals surface area contributed by atoms with Gasteiger partial charge in [-0.2, -0.15) is 0 Å². The average Bonchev–Trinajstić information content (AvgIpc) is 2.05. The zero-order valence-corrected chi connectivity index (χ0v) is 9.42. The Labute approximate surface area is 89.7 Å². The van der Waals surface area contributed by atoms with E-state index in [0.717, 1.165) is 13.1 Å². The van der Waals surface area contributed by atoms with Gasteiger partial charge >= 0.3 is 0 Å². The number of aliphatic hydroxyl groups is 1. The molecule has 90 valence electrons. The Bertz CT molecular complexity index is 186. The van der Waals surface area contributed by atoms with E-state index in [1.165, 1.54) is 0 Å². The maximum atomic E-state index is 12.1. The number of alkyl halides is 2. The fourth-order valence-corrected chi connectivity index (χ4v) is 1.87. The Kier molecular flexibility index (Phi) is 4.43. The highest BCUT2D eigenvalue weighted by atomic mass is 19.3. The summed E-state index contributed by atoms with van der Waals surface area (Å²) in [5, 5.41) is 9.61. The second-order valence-corrected chi connectivity index (χ2v) is 4.78. The smallest absolute Gasteiger partial charge is 0.251 e. The molecule has 1 N–H and O–H groups in total. The number of hydrogen-bond donors (Lipinski definition) is 1. The Morgan fingerprint density at radius 3 is 2.00 bits per heavy atom. The van der Waals surface area contributed by atoms with Crippen LogP contribution < -0.4 is 0 Å². The van der Waals surface area contributed by atoms with Gasteiger partial charge in [0.15, 0.2) is 0 Å². The summed E-state index contributed by atoms with van der Waals surface area (Å²) in [4.78, 5) is 3.88. The summed E-state index contributed by atoms with van der Waals surface area (Å²) in [6.45, 7) is 6.86. The van der Waals surface area contributed by atoms with Gasteiger partial charge < -0.3 is 5.11 Å². The lowest BCUT2D eigenvalue weighted by atomic mass is 10.1. The molecule has 0 radical (unpaired) electrons. The summed E-state index contributed by atoms with van der Waals surface area (Å²) in [6, 6.07) is 0. The van der Waals surface area contributed by atoms with Crippen LogP contribution in [0.5, 0.6) is 0 Å². The lowest BCUT2D eigenvalue weighted by molar-refractivity contribution is 0.00648. The van der Waals surface area contributed by atoms with Crippen LogP contribution in [0.15, 0.2) is 0 Å². The molecule has 1 rings (SSSR count). The minimum Gasteiger partial charge on any atom is -0.389 e. The molecule has 1 fully saturated rings. The molecule has 1 aliphatic rings. The summed E-state index contributed by atoms with van der Waals surface area (Å²) in [7, 11) is 0. The van der Waals surface area contributed by atoms with Gasteiger partial charge in [0.1, 0.15) is 0 Å². The van der Waals surface area contributed by atoms with Gasteiger partial charge in [-0.15, -0.1) is 0 Å². The van der Waals surface area contributed by atoms with E-state index in [9.17, 15) is 13.9 Å². The molecule has 0 saturated carbocycles. The van der Waals surface area contributed by atoms with E-state index >= 15 is 0 Å². The highest BCUT2D eigenvalue weighted by Crippen LogP contribution is 2.09. The van der Waals surface area contributed by atoms with E-state index in [1.807, 2.05) is 0 Å². The fraction of sp³-hybridized carbons (Fsp3) is 1.00. The van der Waals surface area contributed by atoms with Crippen molar-refractivity contribution in [2.75, 3.05) is 39.3 Å². The van der Waals surface area contributed by atoms with Crippen LogP contribution in [0.1, 0.15) is 13.8 Å². The second kappa shape index (κ2) is 5.18. The van der Waals surface area contributed by atoms with Crippen LogP contribution >= 0.6 is 0 Å². The third-order valence-corrected chi connectivity index (χ3v) is 2.47. The van der Waals surface area contributed by atoms with Gasteiger partial charge in [-0.25, -0.2) is 8.78 Å². The van der Waals surface area contributed by atoms with Gasteiger partial charge in [-0.1, -0.05) is 0 Å². The normalized spacial score (nSPS) is 21.2. The number of hydrogen-bond acceptors (Lipinski definition) is 3. The molecule has 5 heteroatoms. The molecule has 0 unspecified atom stereocenters. The van der Waals surface area contributed by atoms with Gasteiger partial charge in [-0.05, 0) is 13.8 Å². The van der Waals surface area contributed by atoms with E-state index in [0.29, 0.717) is 19.6 Å². The van der Waals surface area contributed by atoms with Crippen molar-refractivity contribution < 1.29 is 13.9 Å². The van der Waals surface area contributed by atoms with Crippen LogP contribution in [-0.2, 0) is 0 Å². The average molecular weight is 222 g/mol. The van der Waals surface area contributed by atoms with Crippen LogP contribution in [0.3, 0.4) is 0 Å². The lowest BCUT2D eigenvalue weighted by Gasteiger charge is -2.37. The zero-order chi connectivity index (χ0) is 11.5. The van der Waals surface area contributed by atoms with E-state index in [1.54, 1.807) is 18.7 Å². The highest BCUT2D eigenvalue weighted by molar-refractivity contribution is 4.78. The van der Waals surface area contributed by atoms with Crippen molar-refractivity contribution >= 4 is 0 Å². The van der Waals surface area contributed by atoms with Gasteiger partial charge in [-0.3, -0.25) is 9.80 Å². The van der Waals surface area contributed by atoms with Crippen molar-refractivity contribution in [3.63, 3.8) is 0 Å². The van der Waals surface area contributed by atoms with Crippen LogP contribution in [0.25, 0.3) is 0 Å². The molecule has 0 aromatic carbocycles. The molecule has 0 aliphatic carbocycles. The Hall–Kier alpha value is -0.260. The molecule has 15 heavy (non-hydrogen) atoms. The SMILES string of the molecule is CC(C)(O)CN1CCN(CC(F)F)CC1. The van der Waals surface area contributed by atoms with Crippen molar-refractivity contribution in [3.05, 3.63) is 0 Å². The molecule has 0 aromatic heterocycles. The molecule has 3 nitrogen and oxygen atoms in total. The third kappa shape index (κ3) is 5.39. The van der Waals surface area contributed by atoms with E-state index in [4.69, 9.17) is 0 Å². The summed E-state index contributed by atoms with van der Waals surface area (Å²) < 4.78 is 24.2.